The van der Waals surface area contributed by atoms with Crippen molar-refractivity contribution in [3.8, 4) is 0 Å². The highest BCUT2D eigenvalue weighted by atomic mass is 127. The molecule has 1 heterocycles. The molecule has 2 rings (SSSR count). The van der Waals surface area contributed by atoms with E-state index >= 15 is 0 Å². The van der Waals surface area contributed by atoms with E-state index < -0.39 is 4.92 Å². The monoisotopic (exact) mass is 344 g/mol. The zero-order chi connectivity index (χ0) is 12.3. The Morgan fingerprint density at radius 1 is 1.41 bits per heavy atom. The Bertz CT molecular complexity index is 526. The largest absolute Gasteiger partial charge is 0.467 e. The number of furan rings is 1. The van der Waals surface area contributed by atoms with Crippen molar-refractivity contribution in [2.45, 2.75) is 6.54 Å². The third-order valence-corrected chi connectivity index (χ3v) is 3.06. The first kappa shape index (κ1) is 11.9. The molecule has 0 radical (unpaired) electrons. The quantitative estimate of drug-likeness (QED) is 0.524. The number of hydrogen-bond donors (Lipinski definition) is 1. The molecule has 0 saturated heterocycles. The van der Waals surface area contributed by atoms with Crippen LogP contribution in [0.25, 0.3) is 0 Å². The van der Waals surface area contributed by atoms with Gasteiger partial charge in [-0.2, -0.15) is 0 Å². The van der Waals surface area contributed by atoms with Gasteiger partial charge in [0.15, 0.2) is 0 Å². The maximum atomic E-state index is 10.6. The van der Waals surface area contributed by atoms with Gasteiger partial charge in [-0.25, -0.2) is 0 Å². The van der Waals surface area contributed by atoms with Gasteiger partial charge in [-0.3, -0.25) is 10.1 Å². The number of anilines is 1. The van der Waals surface area contributed by atoms with Crippen LogP contribution >= 0.6 is 22.6 Å². The van der Waals surface area contributed by atoms with Gasteiger partial charge in [0.05, 0.1) is 21.3 Å². The molecule has 0 fully saturated rings. The number of nitro groups is 1. The maximum absolute atomic E-state index is 10.6. The molecular formula is C11H9IN2O3. The molecule has 5 nitrogen and oxygen atoms in total. The van der Waals surface area contributed by atoms with Crippen molar-refractivity contribution in [3.63, 3.8) is 0 Å². The topological polar surface area (TPSA) is 68.3 Å². The highest BCUT2D eigenvalue weighted by Crippen LogP contribution is 2.24. The number of benzene rings is 1. The van der Waals surface area contributed by atoms with E-state index in [0.29, 0.717) is 10.1 Å². The lowest BCUT2D eigenvalue weighted by atomic mass is 10.3. The molecule has 17 heavy (non-hydrogen) atoms. The van der Waals surface area contributed by atoms with Gasteiger partial charge >= 0.3 is 0 Å². The molecule has 0 aliphatic heterocycles. The number of halogens is 1. The summed E-state index contributed by atoms with van der Waals surface area (Å²) in [6, 6.07) is 8.59. The van der Waals surface area contributed by atoms with Gasteiger partial charge in [0.25, 0.3) is 5.69 Å². The van der Waals surface area contributed by atoms with E-state index in [4.69, 9.17) is 4.42 Å². The number of nitro benzene ring substituents is 1. The molecule has 1 N–H and O–H groups in total. The molecule has 1 aromatic heterocycles. The van der Waals surface area contributed by atoms with Crippen LogP contribution < -0.4 is 5.32 Å². The molecular weight excluding hydrogens is 335 g/mol. The summed E-state index contributed by atoms with van der Waals surface area (Å²) in [5, 5.41) is 13.8. The van der Waals surface area contributed by atoms with E-state index in [1.807, 2.05) is 34.7 Å². The highest BCUT2D eigenvalue weighted by molar-refractivity contribution is 14.1. The molecule has 2 aromatic rings. The first-order valence-electron chi connectivity index (χ1n) is 4.87. The standard InChI is InChI=1S/C11H9IN2O3/c12-10-6-8(3-4-11(10)14(15)16)13-7-9-2-1-5-17-9/h1-6,13H,7H2. The van der Waals surface area contributed by atoms with E-state index in [-0.39, 0.29) is 5.69 Å². The fourth-order valence-electron chi connectivity index (χ4n) is 1.37. The van der Waals surface area contributed by atoms with E-state index in [1.54, 1.807) is 18.4 Å². The molecule has 0 aliphatic carbocycles. The van der Waals surface area contributed by atoms with Crippen LogP contribution in [0.1, 0.15) is 5.76 Å². The SMILES string of the molecule is O=[N+]([O-])c1ccc(NCc2ccco2)cc1I. The van der Waals surface area contributed by atoms with Crippen molar-refractivity contribution in [2.75, 3.05) is 5.32 Å². The summed E-state index contributed by atoms with van der Waals surface area (Å²) in [4.78, 5) is 10.3. The van der Waals surface area contributed by atoms with Gasteiger partial charge in [0, 0.05) is 11.8 Å². The summed E-state index contributed by atoms with van der Waals surface area (Å²) in [6.07, 6.45) is 1.61. The Morgan fingerprint density at radius 2 is 2.24 bits per heavy atom. The minimum absolute atomic E-state index is 0.120. The minimum Gasteiger partial charge on any atom is -0.467 e. The van der Waals surface area contributed by atoms with Crippen molar-refractivity contribution in [3.05, 3.63) is 56.0 Å². The maximum Gasteiger partial charge on any atom is 0.282 e. The zero-order valence-electron chi connectivity index (χ0n) is 8.72. The molecule has 1 aromatic carbocycles. The lowest BCUT2D eigenvalue weighted by Gasteiger charge is -2.05. The Kier molecular flexibility index (Phi) is 3.62. The molecule has 0 atom stereocenters. The van der Waals surface area contributed by atoms with Gasteiger partial charge in [-0.05, 0) is 46.9 Å². The van der Waals surface area contributed by atoms with Gasteiger partial charge in [-0.15, -0.1) is 0 Å². The normalized spacial score (nSPS) is 10.2. The van der Waals surface area contributed by atoms with E-state index in [9.17, 15) is 10.1 Å². The summed E-state index contributed by atoms with van der Waals surface area (Å²) in [5.41, 5.74) is 0.950. The van der Waals surface area contributed by atoms with Crippen LogP contribution in [0.4, 0.5) is 11.4 Å². The van der Waals surface area contributed by atoms with Crippen LogP contribution in [0, 0.1) is 13.7 Å². The van der Waals surface area contributed by atoms with Crippen molar-refractivity contribution < 1.29 is 9.34 Å². The molecule has 0 spiro atoms. The number of nitrogens with zero attached hydrogens (tertiary/aromatic N) is 1. The van der Waals surface area contributed by atoms with Crippen LogP contribution in [-0.2, 0) is 6.54 Å². The Morgan fingerprint density at radius 3 is 2.82 bits per heavy atom. The van der Waals surface area contributed by atoms with Crippen LogP contribution in [0.3, 0.4) is 0 Å². The highest BCUT2D eigenvalue weighted by Gasteiger charge is 2.11. The van der Waals surface area contributed by atoms with Crippen LogP contribution in [0.15, 0.2) is 41.0 Å². The van der Waals surface area contributed by atoms with Crippen LogP contribution in [-0.4, -0.2) is 4.92 Å². The number of hydrogen-bond acceptors (Lipinski definition) is 4. The molecule has 88 valence electrons. The molecule has 0 amide bonds. The average Bonchev–Trinajstić information content (AvgIpc) is 2.78. The lowest BCUT2D eigenvalue weighted by Crippen LogP contribution is -1.99. The third kappa shape index (κ3) is 2.96. The predicted molar refractivity (Wildman–Crippen MR) is 71.8 cm³/mol. The minimum atomic E-state index is -0.391. The van der Waals surface area contributed by atoms with Crippen molar-refractivity contribution in [2.24, 2.45) is 0 Å². The molecule has 0 saturated carbocycles. The van der Waals surface area contributed by atoms with Gasteiger partial charge < -0.3 is 9.73 Å². The van der Waals surface area contributed by atoms with Crippen molar-refractivity contribution in [1.29, 1.82) is 0 Å². The fraction of sp³-hybridized carbons (Fsp3) is 0.0909. The molecule has 6 heteroatoms. The molecule has 0 unspecified atom stereocenters. The summed E-state index contributed by atoms with van der Waals surface area (Å²) in [7, 11) is 0. The van der Waals surface area contributed by atoms with E-state index in [0.717, 1.165) is 11.4 Å². The zero-order valence-corrected chi connectivity index (χ0v) is 10.9. The molecule has 0 bridgehead atoms. The summed E-state index contributed by atoms with van der Waals surface area (Å²) in [6.45, 7) is 0.556. The van der Waals surface area contributed by atoms with Crippen LogP contribution in [0.2, 0.25) is 0 Å². The predicted octanol–water partition coefficient (Wildman–Crippen LogP) is 3.40. The Balaban J connectivity index is 2.07. The Hall–Kier alpha value is -1.57. The van der Waals surface area contributed by atoms with E-state index in [2.05, 4.69) is 5.32 Å². The second-order valence-corrected chi connectivity index (χ2v) is 4.52. The first-order chi connectivity index (χ1) is 8.16. The second-order valence-electron chi connectivity index (χ2n) is 3.36. The average molecular weight is 344 g/mol. The summed E-state index contributed by atoms with van der Waals surface area (Å²) >= 11 is 1.95. The van der Waals surface area contributed by atoms with Crippen molar-refractivity contribution in [1.82, 2.24) is 0 Å². The smallest absolute Gasteiger partial charge is 0.282 e. The number of nitrogens with one attached hydrogen (secondary N) is 1. The summed E-state index contributed by atoms with van der Waals surface area (Å²) < 4.78 is 5.78. The van der Waals surface area contributed by atoms with Gasteiger partial charge in [0.2, 0.25) is 0 Å². The van der Waals surface area contributed by atoms with Gasteiger partial charge in [-0.1, -0.05) is 0 Å². The van der Waals surface area contributed by atoms with Crippen LogP contribution in [0.5, 0.6) is 0 Å². The third-order valence-electron chi connectivity index (χ3n) is 2.19. The van der Waals surface area contributed by atoms with E-state index in [1.165, 1.54) is 6.07 Å². The Labute approximate surface area is 111 Å². The van der Waals surface area contributed by atoms with Crippen molar-refractivity contribution >= 4 is 34.0 Å². The van der Waals surface area contributed by atoms with Gasteiger partial charge in [0.1, 0.15) is 5.76 Å². The first-order valence-corrected chi connectivity index (χ1v) is 5.95. The fourth-order valence-corrected chi connectivity index (χ4v) is 2.08. The second kappa shape index (κ2) is 5.17. The lowest BCUT2D eigenvalue weighted by molar-refractivity contribution is -0.385. The number of rotatable bonds is 4. The summed E-state index contributed by atoms with van der Waals surface area (Å²) in [5.74, 6) is 0.818. The molecule has 0 aliphatic rings.